The molecule has 0 unspecified atom stereocenters. The molecule has 0 radical (unpaired) electrons. The van der Waals surface area contributed by atoms with Gasteiger partial charge in [-0.1, -0.05) is 44.2 Å². The summed E-state index contributed by atoms with van der Waals surface area (Å²) >= 11 is 0. The molecule has 2 atom stereocenters. The molecule has 1 aromatic heterocycles. The second-order valence-corrected chi connectivity index (χ2v) is 9.78. The van der Waals surface area contributed by atoms with E-state index in [0.717, 1.165) is 5.56 Å². The predicted octanol–water partition coefficient (Wildman–Crippen LogP) is 2.97. The van der Waals surface area contributed by atoms with E-state index in [9.17, 15) is 14.4 Å². The summed E-state index contributed by atoms with van der Waals surface area (Å²) in [7, 11) is 1.65. The molecule has 1 N–H and O–H groups in total. The van der Waals surface area contributed by atoms with Gasteiger partial charge in [0.1, 0.15) is 17.7 Å². The average Bonchev–Trinajstić information content (AvgIpc) is 3.23. The molecule has 2 heterocycles. The lowest BCUT2D eigenvalue weighted by Gasteiger charge is -2.29. The van der Waals surface area contributed by atoms with E-state index < -0.39 is 6.04 Å². The number of amides is 3. The standard InChI is InChI=1S/C27H38N6O3/c1-19(2)18-23-26-28-21(4)30-33(26)17-16-32(25(35)14-13-22-10-7-6-8-11-22)15-9-12-24(34)31(5)20(3)27(36)29-23/h6-8,10-11,13-14,19-20,23H,9,12,15-18H2,1-5H3,(H,29,36)/t20-,23+/m0/s1. The Morgan fingerprint density at radius 2 is 1.89 bits per heavy atom. The molecule has 36 heavy (non-hydrogen) atoms. The third-order valence-electron chi connectivity index (χ3n) is 6.43. The number of nitrogens with zero attached hydrogens (tertiary/aromatic N) is 5. The van der Waals surface area contributed by atoms with Crippen molar-refractivity contribution in [2.75, 3.05) is 20.1 Å². The highest BCUT2D eigenvalue weighted by atomic mass is 16.2. The summed E-state index contributed by atoms with van der Waals surface area (Å²) in [5.74, 6) is 1.12. The zero-order valence-corrected chi connectivity index (χ0v) is 22.0. The van der Waals surface area contributed by atoms with Crippen LogP contribution in [0.1, 0.15) is 63.3 Å². The number of rotatable bonds is 4. The van der Waals surface area contributed by atoms with Crippen LogP contribution in [-0.4, -0.2) is 68.5 Å². The minimum absolute atomic E-state index is 0.120. The number of benzene rings is 1. The SMILES string of the molecule is Cc1nc2n(n1)CCN(C(=O)C=Cc1ccccc1)CCCC(=O)N(C)[C@@H](C)C(=O)N[C@@H]2CC(C)C. The Labute approximate surface area is 213 Å². The van der Waals surface area contributed by atoms with Gasteiger partial charge in [-0.05, 0) is 44.2 Å². The highest BCUT2D eigenvalue weighted by Gasteiger charge is 2.28. The van der Waals surface area contributed by atoms with Gasteiger partial charge in [0, 0.05) is 32.6 Å². The zero-order valence-electron chi connectivity index (χ0n) is 22.0. The Bertz CT molecular complexity index is 1080. The fourth-order valence-corrected chi connectivity index (χ4v) is 4.26. The molecule has 9 heteroatoms. The lowest BCUT2D eigenvalue weighted by atomic mass is 10.0. The maximum Gasteiger partial charge on any atom is 0.246 e. The molecule has 1 aliphatic heterocycles. The molecule has 2 aromatic rings. The van der Waals surface area contributed by atoms with E-state index in [1.807, 2.05) is 37.3 Å². The number of aromatic nitrogens is 3. The van der Waals surface area contributed by atoms with Crippen LogP contribution in [0.2, 0.25) is 0 Å². The maximum absolute atomic E-state index is 13.1. The van der Waals surface area contributed by atoms with Crippen molar-refractivity contribution in [2.24, 2.45) is 5.92 Å². The summed E-state index contributed by atoms with van der Waals surface area (Å²) in [6.07, 6.45) is 4.80. The van der Waals surface area contributed by atoms with Gasteiger partial charge in [-0.15, -0.1) is 0 Å². The van der Waals surface area contributed by atoms with Crippen molar-refractivity contribution in [3.05, 3.63) is 53.6 Å². The van der Waals surface area contributed by atoms with Gasteiger partial charge in [0.05, 0.1) is 12.6 Å². The molecule has 3 amide bonds. The van der Waals surface area contributed by atoms with Gasteiger partial charge in [0.2, 0.25) is 17.7 Å². The Balaban J connectivity index is 1.90. The Hall–Kier alpha value is -3.49. The number of carbonyl (C=O) groups excluding carboxylic acids is 3. The van der Waals surface area contributed by atoms with Crippen molar-refractivity contribution in [3.8, 4) is 0 Å². The second-order valence-electron chi connectivity index (χ2n) is 9.78. The number of nitrogens with one attached hydrogen (secondary N) is 1. The fourth-order valence-electron chi connectivity index (χ4n) is 4.26. The van der Waals surface area contributed by atoms with E-state index in [-0.39, 0.29) is 30.2 Å². The van der Waals surface area contributed by atoms with Crippen LogP contribution in [0.5, 0.6) is 0 Å². The summed E-state index contributed by atoms with van der Waals surface area (Å²) in [6.45, 7) is 9.00. The second kappa shape index (κ2) is 12.5. The highest BCUT2D eigenvalue weighted by Crippen LogP contribution is 2.21. The topological polar surface area (TPSA) is 100 Å². The molecule has 0 bridgehead atoms. The van der Waals surface area contributed by atoms with Crippen molar-refractivity contribution >= 4 is 23.8 Å². The van der Waals surface area contributed by atoms with Gasteiger partial charge in [0.25, 0.3) is 0 Å². The van der Waals surface area contributed by atoms with Gasteiger partial charge in [-0.2, -0.15) is 5.10 Å². The first kappa shape index (κ1) is 27.1. The molecule has 3 rings (SSSR count). The summed E-state index contributed by atoms with van der Waals surface area (Å²) in [4.78, 5) is 46.8. The predicted molar refractivity (Wildman–Crippen MR) is 139 cm³/mol. The molecule has 0 fully saturated rings. The van der Waals surface area contributed by atoms with Crippen LogP contribution >= 0.6 is 0 Å². The largest absolute Gasteiger partial charge is 0.344 e. The van der Waals surface area contributed by atoms with Crippen LogP contribution in [0.15, 0.2) is 36.4 Å². The van der Waals surface area contributed by atoms with Crippen molar-refractivity contribution < 1.29 is 14.4 Å². The third-order valence-corrected chi connectivity index (χ3v) is 6.43. The van der Waals surface area contributed by atoms with Crippen LogP contribution in [-0.2, 0) is 20.9 Å². The lowest BCUT2D eigenvalue weighted by Crippen LogP contribution is -2.47. The van der Waals surface area contributed by atoms with Crippen molar-refractivity contribution in [1.29, 1.82) is 0 Å². The summed E-state index contributed by atoms with van der Waals surface area (Å²) in [5, 5.41) is 7.67. The molecule has 0 saturated carbocycles. The van der Waals surface area contributed by atoms with Gasteiger partial charge in [0.15, 0.2) is 0 Å². The number of hydrogen-bond acceptors (Lipinski definition) is 5. The van der Waals surface area contributed by atoms with E-state index in [1.165, 1.54) is 4.90 Å². The summed E-state index contributed by atoms with van der Waals surface area (Å²) in [6, 6.07) is 8.69. The number of aryl methyl sites for hydroxylation is 1. The number of hydrogen-bond donors (Lipinski definition) is 1. The van der Waals surface area contributed by atoms with Crippen LogP contribution in [0, 0.1) is 12.8 Å². The van der Waals surface area contributed by atoms with E-state index in [1.54, 1.807) is 35.7 Å². The maximum atomic E-state index is 13.1. The zero-order chi connectivity index (χ0) is 26.2. The number of fused-ring (bicyclic) bond motifs is 1. The Morgan fingerprint density at radius 1 is 1.17 bits per heavy atom. The van der Waals surface area contributed by atoms with Crippen LogP contribution in [0.3, 0.4) is 0 Å². The molecule has 1 aromatic carbocycles. The lowest BCUT2D eigenvalue weighted by molar-refractivity contribution is -0.139. The molecule has 1 aliphatic rings. The van der Waals surface area contributed by atoms with E-state index >= 15 is 0 Å². The third kappa shape index (κ3) is 7.26. The molecule has 0 aliphatic carbocycles. The monoisotopic (exact) mass is 494 g/mol. The number of carbonyl (C=O) groups is 3. The van der Waals surface area contributed by atoms with Gasteiger partial charge >= 0.3 is 0 Å². The smallest absolute Gasteiger partial charge is 0.246 e. The van der Waals surface area contributed by atoms with E-state index in [0.29, 0.717) is 50.0 Å². The minimum atomic E-state index is -0.626. The normalized spacial score (nSPS) is 20.4. The quantitative estimate of drug-likeness (QED) is 0.659. The molecule has 9 nitrogen and oxygen atoms in total. The van der Waals surface area contributed by atoms with Crippen molar-refractivity contribution in [2.45, 2.75) is 65.6 Å². The summed E-state index contributed by atoms with van der Waals surface area (Å²) < 4.78 is 1.80. The highest BCUT2D eigenvalue weighted by molar-refractivity contribution is 5.92. The Kier molecular flexibility index (Phi) is 9.38. The van der Waals surface area contributed by atoms with Crippen LogP contribution in [0.25, 0.3) is 6.08 Å². The van der Waals surface area contributed by atoms with Gasteiger partial charge in [-0.3, -0.25) is 14.4 Å². The molecule has 194 valence electrons. The van der Waals surface area contributed by atoms with Crippen LogP contribution < -0.4 is 5.32 Å². The first-order chi connectivity index (χ1) is 17.2. The fraction of sp³-hybridized carbons (Fsp3) is 0.519. The first-order valence-corrected chi connectivity index (χ1v) is 12.6. The van der Waals surface area contributed by atoms with Crippen molar-refractivity contribution in [1.82, 2.24) is 29.9 Å². The van der Waals surface area contributed by atoms with Crippen molar-refractivity contribution in [3.63, 3.8) is 0 Å². The van der Waals surface area contributed by atoms with E-state index in [2.05, 4.69) is 29.2 Å². The van der Waals surface area contributed by atoms with E-state index in [4.69, 9.17) is 0 Å². The molecule has 0 spiro atoms. The molecular formula is C27H38N6O3. The minimum Gasteiger partial charge on any atom is -0.344 e. The summed E-state index contributed by atoms with van der Waals surface area (Å²) in [5.41, 5.74) is 0.945. The van der Waals surface area contributed by atoms with Gasteiger partial charge in [-0.25, -0.2) is 9.67 Å². The molecule has 0 saturated heterocycles. The van der Waals surface area contributed by atoms with Gasteiger partial charge < -0.3 is 15.1 Å². The first-order valence-electron chi connectivity index (χ1n) is 12.6. The average molecular weight is 495 g/mol. The number of likely N-dealkylation sites (N-methyl/N-ethyl adjacent to an activating group) is 1. The Morgan fingerprint density at radius 3 is 2.58 bits per heavy atom. The molecular weight excluding hydrogens is 456 g/mol. The van der Waals surface area contributed by atoms with Crippen LogP contribution in [0.4, 0.5) is 0 Å².